The van der Waals surface area contributed by atoms with Gasteiger partial charge in [0, 0.05) is 25.1 Å². The molecule has 7 nitrogen and oxygen atoms in total. The molecular formula is C23H23F3N5O2+. The van der Waals surface area contributed by atoms with Gasteiger partial charge in [0.1, 0.15) is 5.52 Å². The summed E-state index contributed by atoms with van der Waals surface area (Å²) in [7, 11) is 0. The van der Waals surface area contributed by atoms with Gasteiger partial charge in [0.05, 0.1) is 11.1 Å². The molecule has 4 rings (SSSR count). The van der Waals surface area contributed by atoms with Crippen molar-refractivity contribution < 1.29 is 22.5 Å². The number of fused-ring (bicyclic) bond motifs is 2. The van der Waals surface area contributed by atoms with Gasteiger partial charge in [-0.2, -0.15) is 23.1 Å². The number of aromatic amines is 1. The van der Waals surface area contributed by atoms with Crippen LogP contribution in [-0.2, 0) is 19.1 Å². The highest BCUT2D eigenvalue weighted by Gasteiger charge is 2.36. The van der Waals surface area contributed by atoms with Crippen LogP contribution in [0.15, 0.2) is 41.2 Å². The van der Waals surface area contributed by atoms with Gasteiger partial charge in [-0.3, -0.25) is 9.59 Å². The van der Waals surface area contributed by atoms with Gasteiger partial charge in [0.25, 0.3) is 11.7 Å². The first-order chi connectivity index (χ1) is 15.6. The first kappa shape index (κ1) is 22.5. The van der Waals surface area contributed by atoms with E-state index in [1.807, 2.05) is 6.92 Å². The molecule has 0 aliphatic carbocycles. The van der Waals surface area contributed by atoms with Crippen LogP contribution >= 0.6 is 0 Å². The van der Waals surface area contributed by atoms with Crippen molar-refractivity contribution >= 4 is 28.6 Å². The summed E-state index contributed by atoms with van der Waals surface area (Å²) in [5.41, 5.74) is 6.28. The van der Waals surface area contributed by atoms with Crippen molar-refractivity contribution in [1.82, 2.24) is 9.88 Å². The van der Waals surface area contributed by atoms with E-state index in [1.54, 1.807) is 12.1 Å². The predicted molar refractivity (Wildman–Crippen MR) is 117 cm³/mol. The van der Waals surface area contributed by atoms with Gasteiger partial charge in [-0.25, -0.2) is 0 Å². The number of halogens is 3. The monoisotopic (exact) mass is 458 g/mol. The lowest BCUT2D eigenvalue weighted by Gasteiger charge is -2.31. The minimum atomic E-state index is -4.50. The average molecular weight is 458 g/mol. The number of nitrogens with one attached hydrogen (secondary N) is 2. The molecule has 1 aliphatic heterocycles. The maximum Gasteiger partial charge on any atom is 0.416 e. The minimum absolute atomic E-state index is 0.109. The van der Waals surface area contributed by atoms with Gasteiger partial charge >= 0.3 is 11.7 Å². The normalized spacial score (nSPS) is 13.8. The summed E-state index contributed by atoms with van der Waals surface area (Å²) >= 11 is 0. The zero-order valence-electron chi connectivity index (χ0n) is 17.9. The molecule has 0 radical (unpaired) electrons. The molecule has 3 aromatic rings. The fraction of sp³-hybridized carbons (Fsp3) is 0.304. The molecular weight excluding hydrogens is 435 g/mol. The number of carbonyl (C=O) groups excluding carboxylic acids is 1. The Kier molecular flexibility index (Phi) is 5.69. The van der Waals surface area contributed by atoms with Crippen molar-refractivity contribution in [3.05, 3.63) is 69.0 Å². The van der Waals surface area contributed by atoms with Gasteiger partial charge in [-0.05, 0) is 48.2 Å². The second-order valence-electron chi connectivity index (χ2n) is 8.02. The minimum Gasteiger partial charge on any atom is -0.334 e. The van der Waals surface area contributed by atoms with Gasteiger partial charge < -0.3 is 15.6 Å². The van der Waals surface area contributed by atoms with Crippen LogP contribution in [0.1, 0.15) is 46.8 Å². The highest BCUT2D eigenvalue weighted by atomic mass is 19.4. The Labute approximate surface area is 187 Å². The molecule has 1 amide bonds. The van der Waals surface area contributed by atoms with Crippen molar-refractivity contribution in [2.45, 2.75) is 38.9 Å². The second-order valence-corrected chi connectivity index (χ2v) is 8.02. The maximum atomic E-state index is 13.5. The summed E-state index contributed by atoms with van der Waals surface area (Å²) in [6.07, 6.45) is -3.09. The van der Waals surface area contributed by atoms with E-state index in [4.69, 9.17) is 11.1 Å². The zero-order chi connectivity index (χ0) is 23.9. The number of hydrogen-bond acceptors (Lipinski definition) is 4. The number of rotatable bonds is 3. The molecule has 1 aliphatic rings. The molecule has 0 unspecified atom stereocenters. The van der Waals surface area contributed by atoms with E-state index >= 15 is 0 Å². The summed E-state index contributed by atoms with van der Waals surface area (Å²) in [6, 6.07) is 8.65. The summed E-state index contributed by atoms with van der Waals surface area (Å²) in [5, 5.41) is 8.25. The smallest absolute Gasteiger partial charge is 0.334 e. The number of H-pyrrole nitrogens is 1. The molecule has 0 atom stereocenters. The number of amides is 1. The number of aromatic nitrogens is 2. The largest absolute Gasteiger partial charge is 0.416 e. The third kappa shape index (κ3) is 4.08. The van der Waals surface area contributed by atoms with Crippen LogP contribution in [0.25, 0.3) is 11.0 Å². The number of anilines is 1. The van der Waals surface area contributed by atoms with Gasteiger partial charge in [-0.1, -0.05) is 19.1 Å². The lowest BCUT2D eigenvalue weighted by atomic mass is 9.94. The summed E-state index contributed by atoms with van der Waals surface area (Å²) < 4.78 is 41.7. The number of nitrogens with zero attached hydrogens (tertiary/aromatic N) is 2. The van der Waals surface area contributed by atoms with Crippen LogP contribution in [0.5, 0.6) is 0 Å². The van der Waals surface area contributed by atoms with Crippen molar-refractivity contribution in [1.29, 1.82) is 5.41 Å². The fourth-order valence-electron chi connectivity index (χ4n) is 4.22. The number of alkyl halides is 3. The molecule has 4 N–H and O–H groups in total. The molecule has 1 aromatic heterocycles. The van der Waals surface area contributed by atoms with Crippen molar-refractivity contribution in [3.63, 3.8) is 0 Å². The van der Waals surface area contributed by atoms with Crippen LogP contribution < -0.4 is 15.9 Å². The van der Waals surface area contributed by atoms with E-state index in [0.717, 1.165) is 6.07 Å². The highest BCUT2D eigenvalue weighted by Crippen LogP contribution is 2.35. The van der Waals surface area contributed by atoms with Crippen molar-refractivity contribution in [2.75, 3.05) is 12.3 Å². The number of nitrogen functional groups attached to an aromatic ring is 1. The standard InChI is InChI=1S/C23H22F3N5O2/c1-2-4-19(27)31-18-8-7-14(11-17(18)29-21(32)20(31)28)22(33)30-10-9-13-5-3-6-16(15(13)12-30)23(24,25)26/h3,5-8,11,27-28H,2,4,9-10,12H2,1H3,(H,29,32)/p+1. The number of hydrogen-bond donors (Lipinski definition) is 3. The van der Waals surface area contributed by atoms with E-state index in [9.17, 15) is 22.8 Å². The summed E-state index contributed by atoms with van der Waals surface area (Å²) in [5.74, 6) is -0.419. The number of carbonyl (C=O) groups is 1. The van der Waals surface area contributed by atoms with Crippen LogP contribution in [0.2, 0.25) is 0 Å². The van der Waals surface area contributed by atoms with E-state index in [-0.39, 0.29) is 35.9 Å². The third-order valence-corrected chi connectivity index (χ3v) is 5.83. The Hall–Kier alpha value is -3.69. The van der Waals surface area contributed by atoms with E-state index < -0.39 is 23.2 Å². The van der Waals surface area contributed by atoms with Crippen LogP contribution in [-0.4, -0.2) is 28.2 Å². The van der Waals surface area contributed by atoms with Gasteiger partial charge in [0.15, 0.2) is 0 Å². The van der Waals surface area contributed by atoms with Gasteiger partial charge in [0.2, 0.25) is 5.84 Å². The lowest BCUT2D eigenvalue weighted by Crippen LogP contribution is -2.49. The fourth-order valence-corrected chi connectivity index (χ4v) is 4.22. The summed E-state index contributed by atoms with van der Waals surface area (Å²) in [4.78, 5) is 29.5. The quantitative estimate of drug-likeness (QED) is 0.319. The highest BCUT2D eigenvalue weighted by molar-refractivity contribution is 5.97. The molecule has 33 heavy (non-hydrogen) atoms. The zero-order valence-corrected chi connectivity index (χ0v) is 17.9. The molecule has 0 saturated carbocycles. The van der Waals surface area contributed by atoms with Crippen molar-refractivity contribution in [3.8, 4) is 0 Å². The van der Waals surface area contributed by atoms with E-state index in [2.05, 4.69) is 4.98 Å². The third-order valence-electron chi connectivity index (χ3n) is 5.83. The van der Waals surface area contributed by atoms with Gasteiger partial charge in [-0.15, -0.1) is 0 Å². The molecule has 2 aromatic carbocycles. The van der Waals surface area contributed by atoms with Crippen LogP contribution in [0.3, 0.4) is 0 Å². The Morgan fingerprint density at radius 1 is 1.27 bits per heavy atom. The number of benzene rings is 2. The Morgan fingerprint density at radius 2 is 2.03 bits per heavy atom. The second kappa shape index (κ2) is 8.34. The lowest BCUT2D eigenvalue weighted by molar-refractivity contribution is -0.514. The molecule has 0 saturated heterocycles. The molecule has 172 valence electrons. The molecule has 0 fully saturated rings. The van der Waals surface area contributed by atoms with Crippen LogP contribution in [0, 0.1) is 5.41 Å². The van der Waals surface area contributed by atoms with Crippen LogP contribution in [0.4, 0.5) is 19.0 Å². The van der Waals surface area contributed by atoms with Crippen molar-refractivity contribution in [2.24, 2.45) is 0 Å². The maximum absolute atomic E-state index is 13.5. The van der Waals surface area contributed by atoms with E-state index in [0.29, 0.717) is 35.9 Å². The Bertz CT molecular complexity index is 1330. The Morgan fingerprint density at radius 3 is 2.73 bits per heavy atom. The predicted octanol–water partition coefficient (Wildman–Crippen LogP) is 3.24. The Balaban J connectivity index is 1.71. The molecule has 0 bridgehead atoms. The van der Waals surface area contributed by atoms with E-state index in [1.165, 1.54) is 27.7 Å². The molecule has 10 heteroatoms. The first-order valence-electron chi connectivity index (χ1n) is 10.5. The first-order valence-corrected chi connectivity index (χ1v) is 10.5. The number of nitrogens with two attached hydrogens (primary N) is 1. The SMILES string of the molecule is CCCC(=N)[n+]1c(N)c(=O)[nH]c2cc(C(=O)N3CCc4cccc(C(F)(F)F)c4C3)ccc21. The molecule has 0 spiro atoms. The summed E-state index contributed by atoms with van der Waals surface area (Å²) in [6.45, 7) is 2.03. The molecule has 2 heterocycles. The topological polar surface area (TPSA) is 107 Å². The average Bonchev–Trinajstić information content (AvgIpc) is 2.77.